The number of carboxylic acid groups (broad SMARTS) is 1. The van der Waals surface area contributed by atoms with E-state index in [2.05, 4.69) is 0 Å². The highest BCUT2D eigenvalue weighted by molar-refractivity contribution is 7.99. The summed E-state index contributed by atoms with van der Waals surface area (Å²) in [4.78, 5) is 35.6. The predicted molar refractivity (Wildman–Crippen MR) is 114 cm³/mol. The third kappa shape index (κ3) is 6.51. The van der Waals surface area contributed by atoms with Gasteiger partial charge in [0.2, 0.25) is 0 Å². The van der Waals surface area contributed by atoms with Crippen LogP contribution in [0.2, 0.25) is 0 Å². The van der Waals surface area contributed by atoms with Gasteiger partial charge in [-0.2, -0.15) is 11.8 Å². The van der Waals surface area contributed by atoms with Crippen LogP contribution in [0.15, 0.2) is 48.5 Å². The highest BCUT2D eigenvalue weighted by atomic mass is 35.5. The zero-order valence-corrected chi connectivity index (χ0v) is 18.8. The van der Waals surface area contributed by atoms with E-state index in [4.69, 9.17) is 9.47 Å². The number of nitro groups is 1. The molecule has 1 saturated heterocycles. The molecule has 1 heterocycles. The highest BCUT2D eigenvalue weighted by Crippen LogP contribution is 2.31. The molecule has 2 atom stereocenters. The molecule has 0 saturated carbocycles. The van der Waals surface area contributed by atoms with Crippen LogP contribution in [0.1, 0.15) is 17.5 Å². The smallest absolute Gasteiger partial charge is 0.410 e. The van der Waals surface area contributed by atoms with Gasteiger partial charge in [0.25, 0.3) is 5.69 Å². The van der Waals surface area contributed by atoms with Crippen LogP contribution < -0.4 is 17.1 Å². The molecule has 9 nitrogen and oxygen atoms in total. The number of non-ortho nitro benzene ring substituents is 1. The second-order valence-corrected chi connectivity index (χ2v) is 8.29. The maximum absolute atomic E-state index is 12.5. The number of carboxylic acids is 1. The Hall–Kier alpha value is -2.98. The molecule has 3 rings (SSSR count). The van der Waals surface area contributed by atoms with Gasteiger partial charge in [0.1, 0.15) is 18.4 Å². The van der Waals surface area contributed by atoms with Gasteiger partial charge in [0.05, 0.1) is 12.0 Å². The quantitative estimate of drug-likeness (QED) is 0.432. The van der Waals surface area contributed by atoms with E-state index < -0.39 is 23.0 Å². The Morgan fingerprint density at radius 1 is 1.16 bits per heavy atom. The summed E-state index contributed by atoms with van der Waals surface area (Å²) in [6.45, 7) is 0.181. The van der Waals surface area contributed by atoms with Gasteiger partial charge in [-0.05, 0) is 41.8 Å². The average molecular weight is 482 g/mol. The predicted octanol–water partition coefficient (Wildman–Crippen LogP) is 0.705. The van der Waals surface area contributed by atoms with Crippen LogP contribution >= 0.6 is 11.8 Å². The molecular formula is C21H22ClN2O7S-. The van der Waals surface area contributed by atoms with Crippen LogP contribution in [-0.4, -0.2) is 51.9 Å². The maximum Gasteiger partial charge on any atom is 0.410 e. The van der Waals surface area contributed by atoms with Gasteiger partial charge < -0.3 is 27.0 Å². The first-order valence-electron chi connectivity index (χ1n) is 9.51. The Morgan fingerprint density at radius 2 is 1.78 bits per heavy atom. The summed E-state index contributed by atoms with van der Waals surface area (Å²) < 4.78 is 10.4. The van der Waals surface area contributed by atoms with E-state index in [-0.39, 0.29) is 36.5 Å². The molecule has 0 radical (unpaired) electrons. The van der Waals surface area contributed by atoms with Gasteiger partial charge in [-0.1, -0.05) is 12.1 Å². The van der Waals surface area contributed by atoms with E-state index in [1.165, 1.54) is 29.2 Å². The minimum Gasteiger partial charge on any atom is -1.00 e. The second-order valence-electron chi connectivity index (χ2n) is 7.00. The molecule has 1 aliphatic rings. The standard InChI is InChI=1S/C21H22N2O7S.ClH/c1-29-17-8-4-15(5-9-17)13-31-18-10-19(20(24)25)22(11-18)21(26)30-12-14-2-6-16(7-3-14)23(27)28;/h2-9,18-19H,10-13H2,1H3,(H,24,25);1H/p-1. The number of thioether (sulfide) groups is 1. The summed E-state index contributed by atoms with van der Waals surface area (Å²) in [6, 6.07) is 12.3. The molecule has 0 aromatic heterocycles. The van der Waals surface area contributed by atoms with E-state index in [0.717, 1.165) is 11.3 Å². The van der Waals surface area contributed by atoms with Crippen LogP contribution in [0.25, 0.3) is 0 Å². The van der Waals surface area contributed by atoms with Gasteiger partial charge in [0, 0.05) is 29.7 Å². The molecule has 2 unspecified atom stereocenters. The molecule has 0 aliphatic carbocycles. The van der Waals surface area contributed by atoms with Crippen molar-refractivity contribution in [1.29, 1.82) is 0 Å². The van der Waals surface area contributed by atoms with Crippen LogP contribution in [0, 0.1) is 10.1 Å². The molecule has 1 N–H and O–H groups in total. The summed E-state index contributed by atoms with van der Waals surface area (Å²) in [5.74, 6) is 0.384. The molecule has 0 bridgehead atoms. The lowest BCUT2D eigenvalue weighted by molar-refractivity contribution is -0.384. The number of benzene rings is 2. The van der Waals surface area contributed by atoms with Crippen molar-refractivity contribution >= 4 is 29.5 Å². The molecule has 1 aliphatic heterocycles. The second kappa shape index (κ2) is 11.6. The van der Waals surface area contributed by atoms with Crippen LogP contribution in [0.4, 0.5) is 10.5 Å². The topological polar surface area (TPSA) is 119 Å². The van der Waals surface area contributed by atoms with Crippen molar-refractivity contribution < 1.29 is 41.5 Å². The van der Waals surface area contributed by atoms with E-state index in [9.17, 15) is 24.8 Å². The third-order valence-electron chi connectivity index (χ3n) is 4.94. The zero-order chi connectivity index (χ0) is 22.4. The number of amides is 1. The van der Waals surface area contributed by atoms with Crippen molar-refractivity contribution in [3.05, 3.63) is 69.8 Å². The first-order valence-corrected chi connectivity index (χ1v) is 10.6. The van der Waals surface area contributed by atoms with Gasteiger partial charge in [-0.3, -0.25) is 15.0 Å². The lowest BCUT2D eigenvalue weighted by Gasteiger charge is -2.20. The summed E-state index contributed by atoms with van der Waals surface area (Å²) in [7, 11) is 1.60. The number of hydrogen-bond acceptors (Lipinski definition) is 7. The fraction of sp³-hybridized carbons (Fsp3) is 0.333. The SMILES string of the molecule is COc1ccc(CSC2CC(C(=O)O)N(C(=O)OCc3ccc([N+](=O)[O-])cc3)C2)cc1.[Cl-]. The number of carbonyl (C=O) groups is 2. The highest BCUT2D eigenvalue weighted by Gasteiger charge is 2.40. The van der Waals surface area contributed by atoms with Crippen molar-refractivity contribution in [2.75, 3.05) is 13.7 Å². The first-order chi connectivity index (χ1) is 14.9. The maximum atomic E-state index is 12.5. The van der Waals surface area contributed by atoms with Crippen molar-refractivity contribution in [2.45, 2.75) is 30.1 Å². The average Bonchev–Trinajstić information content (AvgIpc) is 3.21. The number of aliphatic carboxylic acids is 1. The molecule has 0 spiro atoms. The fourth-order valence-electron chi connectivity index (χ4n) is 3.23. The number of nitrogens with zero attached hydrogens (tertiary/aromatic N) is 2. The van der Waals surface area contributed by atoms with E-state index in [0.29, 0.717) is 17.7 Å². The number of likely N-dealkylation sites (tertiary alicyclic amines) is 1. The molecule has 2 aromatic carbocycles. The number of methoxy groups -OCH3 is 1. The van der Waals surface area contributed by atoms with Crippen LogP contribution in [-0.2, 0) is 21.9 Å². The summed E-state index contributed by atoms with van der Waals surface area (Å²) in [5.41, 5.74) is 1.60. The Morgan fingerprint density at radius 3 is 2.34 bits per heavy atom. The van der Waals surface area contributed by atoms with E-state index in [1.807, 2.05) is 24.3 Å². The number of hydrogen-bond donors (Lipinski definition) is 1. The lowest BCUT2D eigenvalue weighted by atomic mass is 10.2. The number of carbonyl (C=O) groups excluding carboxylic acids is 1. The molecule has 1 fully saturated rings. The van der Waals surface area contributed by atoms with Crippen molar-refractivity contribution in [1.82, 2.24) is 4.90 Å². The Bertz CT molecular complexity index is 940. The molecule has 172 valence electrons. The first kappa shape index (κ1) is 25.3. The summed E-state index contributed by atoms with van der Waals surface area (Å²) >= 11 is 1.59. The molecule has 32 heavy (non-hydrogen) atoms. The molecule has 1 amide bonds. The van der Waals surface area contributed by atoms with Gasteiger partial charge in [-0.15, -0.1) is 0 Å². The Kier molecular flexibility index (Phi) is 9.15. The van der Waals surface area contributed by atoms with Crippen molar-refractivity contribution in [3.63, 3.8) is 0 Å². The van der Waals surface area contributed by atoms with Crippen LogP contribution in [0.3, 0.4) is 0 Å². The van der Waals surface area contributed by atoms with Gasteiger partial charge in [-0.25, -0.2) is 9.59 Å². The number of halogens is 1. The normalized spacial score (nSPS) is 17.3. The van der Waals surface area contributed by atoms with Crippen molar-refractivity contribution in [2.24, 2.45) is 0 Å². The molecular weight excluding hydrogens is 460 g/mol. The fourth-order valence-corrected chi connectivity index (χ4v) is 4.44. The molecule has 2 aromatic rings. The number of nitro benzene ring substituents is 1. The van der Waals surface area contributed by atoms with Crippen molar-refractivity contribution in [3.8, 4) is 5.75 Å². The van der Waals surface area contributed by atoms with Gasteiger partial charge >= 0.3 is 12.1 Å². The van der Waals surface area contributed by atoms with Crippen LogP contribution in [0.5, 0.6) is 5.75 Å². The molecule has 11 heteroatoms. The number of rotatable bonds is 8. The van der Waals surface area contributed by atoms with E-state index >= 15 is 0 Å². The zero-order valence-electron chi connectivity index (χ0n) is 17.2. The number of ether oxygens (including phenoxy) is 2. The third-order valence-corrected chi connectivity index (χ3v) is 6.25. The minimum atomic E-state index is -1.07. The minimum absolute atomic E-state index is 0. The van der Waals surface area contributed by atoms with E-state index in [1.54, 1.807) is 18.9 Å². The Labute approximate surface area is 195 Å². The summed E-state index contributed by atoms with van der Waals surface area (Å²) in [6.07, 6.45) is -0.374. The Balaban J connectivity index is 0.00000363. The lowest BCUT2D eigenvalue weighted by Crippen LogP contribution is -3.00. The summed E-state index contributed by atoms with van der Waals surface area (Å²) in [5, 5.41) is 20.2. The largest absolute Gasteiger partial charge is 1.00 e. The van der Waals surface area contributed by atoms with Gasteiger partial charge in [0.15, 0.2) is 0 Å². The monoisotopic (exact) mass is 481 g/mol.